The lowest BCUT2D eigenvalue weighted by atomic mass is 10.0. The third kappa shape index (κ3) is 5.76. The Morgan fingerprint density at radius 3 is 2.76 bits per heavy atom. The number of hydrogen-bond donors (Lipinski definition) is 1. The summed E-state index contributed by atoms with van der Waals surface area (Å²) in [5.41, 5.74) is 1.52. The molecule has 0 spiro atoms. The first-order valence-electron chi connectivity index (χ1n) is 10.2. The van der Waals surface area contributed by atoms with Crippen LogP contribution < -0.4 is 5.32 Å². The number of amides is 1. The third-order valence-electron chi connectivity index (χ3n) is 5.16. The van der Waals surface area contributed by atoms with Gasteiger partial charge in [0.2, 0.25) is 5.76 Å². The van der Waals surface area contributed by atoms with Crippen LogP contribution in [0.5, 0.6) is 0 Å². The summed E-state index contributed by atoms with van der Waals surface area (Å²) < 4.78 is 16.1. The number of methoxy groups -OCH3 is 1. The van der Waals surface area contributed by atoms with Crippen molar-refractivity contribution < 1.29 is 23.5 Å². The molecule has 1 aliphatic rings. The topological polar surface area (TPSA) is 77.8 Å². The van der Waals surface area contributed by atoms with Crippen molar-refractivity contribution in [3.8, 4) is 0 Å². The van der Waals surface area contributed by atoms with Crippen LogP contribution in [0, 0.1) is 0 Å². The number of carbonyl (C=O) groups excluding carboxylic acids is 2. The molecule has 1 N–H and O–H groups in total. The van der Waals surface area contributed by atoms with E-state index in [0.717, 1.165) is 10.9 Å². The Labute approximate surface area is 175 Å². The number of nitrogens with one attached hydrogen (secondary N) is 1. The van der Waals surface area contributed by atoms with Gasteiger partial charge in [-0.15, -0.1) is 0 Å². The zero-order valence-corrected chi connectivity index (χ0v) is 17.9. The Morgan fingerprint density at radius 2 is 2.00 bits per heavy atom. The van der Waals surface area contributed by atoms with E-state index in [2.05, 4.69) is 5.32 Å². The number of rotatable bonds is 9. The molecular weight excluding hydrogens is 390 g/mol. The predicted molar refractivity (Wildman–Crippen MR) is 114 cm³/mol. The van der Waals surface area contributed by atoms with Gasteiger partial charge in [-0.1, -0.05) is 37.5 Å². The minimum Gasteiger partial charge on any atom is -0.449 e. The maximum atomic E-state index is 12.8. The first-order chi connectivity index (χ1) is 14.1. The molecule has 1 atom stereocenters. The van der Waals surface area contributed by atoms with Crippen molar-refractivity contribution in [2.45, 2.75) is 56.1 Å². The number of ether oxygens (including phenoxy) is 2. The van der Waals surface area contributed by atoms with Crippen molar-refractivity contribution in [2.24, 2.45) is 0 Å². The second-order valence-electron chi connectivity index (χ2n) is 7.31. The number of para-hydroxylation sites is 1. The van der Waals surface area contributed by atoms with Gasteiger partial charge in [0.15, 0.2) is 6.10 Å². The fraction of sp³-hybridized carbons (Fsp3) is 0.545. The van der Waals surface area contributed by atoms with Gasteiger partial charge in [-0.25, -0.2) is 4.79 Å². The van der Waals surface area contributed by atoms with Crippen molar-refractivity contribution in [3.63, 3.8) is 0 Å². The predicted octanol–water partition coefficient (Wildman–Crippen LogP) is 4.31. The number of thioether (sulfide) groups is 1. The summed E-state index contributed by atoms with van der Waals surface area (Å²) in [5.74, 6) is -0.0638. The van der Waals surface area contributed by atoms with Crippen LogP contribution in [0.1, 0.15) is 55.1 Å². The summed E-state index contributed by atoms with van der Waals surface area (Å²) in [5, 5.41) is 4.22. The summed E-state index contributed by atoms with van der Waals surface area (Å²) in [7, 11) is 1.56. The average Bonchev–Trinajstić information content (AvgIpc) is 3.12. The van der Waals surface area contributed by atoms with Gasteiger partial charge < -0.3 is 19.2 Å². The molecule has 0 bridgehead atoms. The van der Waals surface area contributed by atoms with E-state index >= 15 is 0 Å². The summed E-state index contributed by atoms with van der Waals surface area (Å²) in [6, 6.07) is 7.63. The molecule has 1 aromatic carbocycles. The van der Waals surface area contributed by atoms with Gasteiger partial charge in [-0.3, -0.25) is 4.79 Å². The van der Waals surface area contributed by atoms with E-state index in [1.165, 1.54) is 32.1 Å². The molecule has 3 rings (SSSR count). The minimum absolute atomic E-state index is 0.200. The Bertz CT molecular complexity index is 828. The molecule has 2 aromatic rings. The largest absolute Gasteiger partial charge is 0.449 e. The van der Waals surface area contributed by atoms with Gasteiger partial charge in [0.1, 0.15) is 5.58 Å². The third-order valence-corrected chi connectivity index (χ3v) is 6.56. The maximum Gasteiger partial charge on any atom is 0.375 e. The van der Waals surface area contributed by atoms with Crippen LogP contribution in [-0.4, -0.2) is 43.5 Å². The molecule has 1 heterocycles. The lowest BCUT2D eigenvalue weighted by molar-refractivity contribution is -0.129. The molecule has 0 aliphatic heterocycles. The van der Waals surface area contributed by atoms with Gasteiger partial charge in [0.25, 0.3) is 5.91 Å². The van der Waals surface area contributed by atoms with Crippen molar-refractivity contribution in [3.05, 3.63) is 35.6 Å². The molecule has 6 nitrogen and oxygen atoms in total. The van der Waals surface area contributed by atoms with E-state index in [0.29, 0.717) is 29.7 Å². The average molecular weight is 420 g/mol. The number of hydrogen-bond acceptors (Lipinski definition) is 6. The highest BCUT2D eigenvalue weighted by molar-refractivity contribution is 7.99. The zero-order chi connectivity index (χ0) is 20.6. The fourth-order valence-electron chi connectivity index (χ4n) is 3.53. The van der Waals surface area contributed by atoms with Crippen molar-refractivity contribution in [1.82, 2.24) is 5.32 Å². The Kier molecular flexibility index (Phi) is 8.00. The molecule has 1 fully saturated rings. The maximum absolute atomic E-state index is 12.8. The van der Waals surface area contributed by atoms with Gasteiger partial charge in [-0.2, -0.15) is 11.8 Å². The Morgan fingerprint density at radius 1 is 1.24 bits per heavy atom. The molecular formula is C22H29NO5S. The number of benzene rings is 1. The Hall–Kier alpha value is -1.99. The standard InChI is InChI=1S/C22H29NO5S/c1-15(21(24)23-12-13-26-2)27-22(25)20-18(14-29-16-8-4-3-5-9-16)17-10-6-7-11-19(17)28-20/h6-7,10-11,15-16H,3-5,8-9,12-14H2,1-2H3,(H,23,24)/t15-/m1/s1. The van der Waals surface area contributed by atoms with Crippen molar-refractivity contribution in [2.75, 3.05) is 20.3 Å². The summed E-state index contributed by atoms with van der Waals surface area (Å²) in [6.45, 7) is 2.32. The molecule has 1 aromatic heterocycles. The van der Waals surface area contributed by atoms with E-state index in [1.54, 1.807) is 14.0 Å². The molecule has 1 amide bonds. The first kappa shape index (κ1) is 21.7. The lowest BCUT2D eigenvalue weighted by Crippen LogP contribution is -2.37. The second kappa shape index (κ2) is 10.7. The van der Waals surface area contributed by atoms with Crippen molar-refractivity contribution >= 4 is 34.6 Å². The van der Waals surface area contributed by atoms with Crippen LogP contribution >= 0.6 is 11.8 Å². The lowest BCUT2D eigenvalue weighted by Gasteiger charge is -2.20. The minimum atomic E-state index is -0.911. The van der Waals surface area contributed by atoms with Gasteiger partial charge in [0.05, 0.1) is 6.61 Å². The van der Waals surface area contributed by atoms with E-state index in [9.17, 15) is 9.59 Å². The summed E-state index contributed by atoms with van der Waals surface area (Å²) >= 11 is 1.88. The molecule has 0 radical (unpaired) electrons. The smallest absolute Gasteiger partial charge is 0.375 e. The van der Waals surface area contributed by atoms with Crippen LogP contribution in [0.3, 0.4) is 0 Å². The summed E-state index contributed by atoms with van der Waals surface area (Å²) in [6.07, 6.45) is 5.39. The highest BCUT2D eigenvalue weighted by Gasteiger charge is 2.26. The molecule has 0 saturated heterocycles. The number of carbonyl (C=O) groups is 2. The van der Waals surface area contributed by atoms with Crippen LogP contribution in [-0.2, 0) is 20.0 Å². The SMILES string of the molecule is COCCNC(=O)[C@@H](C)OC(=O)c1oc2ccccc2c1CSC1CCCCC1. The normalized spacial score (nSPS) is 15.9. The van der Waals surface area contributed by atoms with Crippen LogP contribution in [0.2, 0.25) is 0 Å². The zero-order valence-electron chi connectivity index (χ0n) is 17.1. The molecule has 1 saturated carbocycles. The van der Waals surface area contributed by atoms with Crippen LogP contribution in [0.4, 0.5) is 0 Å². The van der Waals surface area contributed by atoms with Gasteiger partial charge in [-0.05, 0) is 25.8 Å². The fourth-order valence-corrected chi connectivity index (χ4v) is 4.88. The monoisotopic (exact) mass is 419 g/mol. The van der Waals surface area contributed by atoms with E-state index in [1.807, 2.05) is 36.0 Å². The summed E-state index contributed by atoms with van der Waals surface area (Å²) in [4.78, 5) is 24.9. The van der Waals surface area contributed by atoms with Gasteiger partial charge in [0, 0.05) is 35.6 Å². The highest BCUT2D eigenvalue weighted by atomic mass is 32.2. The first-order valence-corrected chi connectivity index (χ1v) is 11.2. The number of esters is 1. The quantitative estimate of drug-likeness (QED) is 0.482. The Balaban J connectivity index is 1.71. The van der Waals surface area contributed by atoms with Gasteiger partial charge >= 0.3 is 5.97 Å². The highest BCUT2D eigenvalue weighted by Crippen LogP contribution is 2.35. The molecule has 158 valence electrons. The van der Waals surface area contributed by atoms with Crippen molar-refractivity contribution in [1.29, 1.82) is 0 Å². The number of fused-ring (bicyclic) bond motifs is 1. The van der Waals surface area contributed by atoms with Crippen LogP contribution in [0.15, 0.2) is 28.7 Å². The molecule has 1 aliphatic carbocycles. The molecule has 29 heavy (non-hydrogen) atoms. The second-order valence-corrected chi connectivity index (χ2v) is 8.60. The van der Waals surface area contributed by atoms with E-state index in [4.69, 9.17) is 13.9 Å². The van der Waals surface area contributed by atoms with E-state index < -0.39 is 12.1 Å². The van der Waals surface area contributed by atoms with Crippen LogP contribution in [0.25, 0.3) is 11.0 Å². The molecule has 0 unspecified atom stereocenters. The van der Waals surface area contributed by atoms with E-state index in [-0.39, 0.29) is 11.7 Å². The molecule has 7 heteroatoms. The number of furan rings is 1.